The minimum Gasteiger partial charge on any atom is -0.358 e. The Balaban J connectivity index is 1.88. The molecule has 4 atom stereocenters. The van der Waals surface area contributed by atoms with Gasteiger partial charge in [-0.3, -0.25) is 0 Å². The lowest BCUT2D eigenvalue weighted by Crippen LogP contribution is -2.39. The summed E-state index contributed by atoms with van der Waals surface area (Å²) in [5, 5.41) is 0. The number of aldehydes is 1. The summed E-state index contributed by atoms with van der Waals surface area (Å²) in [5.41, 5.74) is 1.52. The minimum atomic E-state index is -0.476. The van der Waals surface area contributed by atoms with E-state index in [1.165, 1.54) is 5.56 Å². The van der Waals surface area contributed by atoms with Crippen molar-refractivity contribution in [3.63, 3.8) is 0 Å². The number of benzene rings is 2. The Morgan fingerprint density at radius 3 is 2.00 bits per heavy atom. The number of hydrogen-bond acceptors (Lipinski definition) is 2. The molecule has 2 bridgehead atoms. The van der Waals surface area contributed by atoms with E-state index in [4.69, 9.17) is 4.74 Å². The fraction of sp³-hybridized carbons (Fsp3) is 0.381. The van der Waals surface area contributed by atoms with Crippen LogP contribution in [0.5, 0.6) is 0 Å². The molecule has 0 saturated carbocycles. The number of hydrogen-bond donors (Lipinski definition) is 0. The summed E-state index contributed by atoms with van der Waals surface area (Å²) in [7, 11) is 0. The second-order valence-corrected chi connectivity index (χ2v) is 6.92. The van der Waals surface area contributed by atoms with E-state index in [0.29, 0.717) is 0 Å². The maximum Gasteiger partial charge on any atom is 0.126 e. The molecule has 23 heavy (non-hydrogen) atoms. The number of rotatable bonds is 3. The number of carbonyl (C=O) groups excluding carboxylic acids is 1. The largest absolute Gasteiger partial charge is 0.358 e. The quantitative estimate of drug-likeness (QED) is 0.784. The lowest BCUT2D eigenvalue weighted by Gasteiger charge is -2.42. The van der Waals surface area contributed by atoms with Crippen molar-refractivity contribution in [2.45, 2.75) is 37.4 Å². The van der Waals surface area contributed by atoms with Crippen LogP contribution >= 0.6 is 0 Å². The first-order valence-electron chi connectivity index (χ1n) is 8.49. The zero-order chi connectivity index (χ0) is 15.9. The SMILES string of the molecule is C[C@H]1[C@H](C=O)[C@@]2(c3ccccc3)CCC[C@]1(c1ccccc1)O2. The number of ether oxygens (including phenoxy) is 1. The Hall–Kier alpha value is -1.93. The van der Waals surface area contributed by atoms with Gasteiger partial charge in [0.25, 0.3) is 0 Å². The van der Waals surface area contributed by atoms with Gasteiger partial charge in [-0.25, -0.2) is 0 Å². The maximum absolute atomic E-state index is 12.0. The average molecular weight is 306 g/mol. The fourth-order valence-corrected chi connectivity index (χ4v) is 4.82. The first-order valence-corrected chi connectivity index (χ1v) is 8.49. The zero-order valence-electron chi connectivity index (χ0n) is 13.4. The van der Waals surface area contributed by atoms with Gasteiger partial charge in [0, 0.05) is 5.92 Å². The number of carbonyl (C=O) groups is 1. The van der Waals surface area contributed by atoms with E-state index in [9.17, 15) is 4.79 Å². The molecular formula is C21H22O2. The monoisotopic (exact) mass is 306 g/mol. The van der Waals surface area contributed by atoms with Crippen LogP contribution in [0.15, 0.2) is 60.7 Å². The highest BCUT2D eigenvalue weighted by Crippen LogP contribution is 2.62. The van der Waals surface area contributed by atoms with Gasteiger partial charge in [-0.15, -0.1) is 0 Å². The van der Waals surface area contributed by atoms with E-state index in [1.807, 2.05) is 24.3 Å². The lowest BCUT2D eigenvalue weighted by molar-refractivity contribution is -0.164. The molecule has 4 rings (SSSR count). The Kier molecular flexibility index (Phi) is 3.38. The van der Waals surface area contributed by atoms with E-state index in [2.05, 4.69) is 43.3 Å². The van der Waals surface area contributed by atoms with Crippen LogP contribution in [0.25, 0.3) is 0 Å². The lowest BCUT2D eigenvalue weighted by atomic mass is 9.73. The summed E-state index contributed by atoms with van der Waals surface area (Å²) in [6.45, 7) is 2.18. The highest BCUT2D eigenvalue weighted by Gasteiger charge is 2.63. The molecule has 2 nitrogen and oxygen atoms in total. The topological polar surface area (TPSA) is 26.3 Å². The van der Waals surface area contributed by atoms with E-state index in [-0.39, 0.29) is 17.4 Å². The molecule has 0 N–H and O–H groups in total. The smallest absolute Gasteiger partial charge is 0.126 e. The van der Waals surface area contributed by atoms with Crippen molar-refractivity contribution >= 4 is 6.29 Å². The molecule has 2 aromatic rings. The van der Waals surface area contributed by atoms with Gasteiger partial charge in [-0.05, 0) is 30.4 Å². The molecule has 2 heteroatoms. The molecule has 0 aromatic heterocycles. The minimum absolute atomic E-state index is 0.104. The second-order valence-electron chi connectivity index (χ2n) is 6.92. The molecule has 2 aliphatic heterocycles. The van der Waals surface area contributed by atoms with Crippen molar-refractivity contribution < 1.29 is 9.53 Å². The van der Waals surface area contributed by atoms with Crippen molar-refractivity contribution in [1.82, 2.24) is 0 Å². The Bertz CT molecular complexity index is 696. The maximum atomic E-state index is 12.0. The molecule has 0 radical (unpaired) electrons. The summed E-state index contributed by atoms with van der Waals surface area (Å²) < 4.78 is 6.83. The van der Waals surface area contributed by atoms with Crippen LogP contribution < -0.4 is 0 Å². The van der Waals surface area contributed by atoms with Gasteiger partial charge >= 0.3 is 0 Å². The van der Waals surface area contributed by atoms with Crippen molar-refractivity contribution in [3.8, 4) is 0 Å². The zero-order valence-corrected chi connectivity index (χ0v) is 13.4. The summed E-state index contributed by atoms with van der Waals surface area (Å²) in [5.74, 6) is 0.0673. The third-order valence-corrected chi connectivity index (χ3v) is 5.94. The van der Waals surface area contributed by atoms with E-state index < -0.39 is 5.60 Å². The Labute approximate surface area is 137 Å². The predicted molar refractivity (Wildman–Crippen MR) is 89.9 cm³/mol. The van der Waals surface area contributed by atoms with Crippen LogP contribution in [0.4, 0.5) is 0 Å². The molecular weight excluding hydrogens is 284 g/mol. The molecule has 2 fully saturated rings. The van der Waals surface area contributed by atoms with Gasteiger partial charge in [-0.2, -0.15) is 0 Å². The Morgan fingerprint density at radius 1 is 0.913 bits per heavy atom. The normalized spacial score (nSPS) is 35.9. The van der Waals surface area contributed by atoms with Gasteiger partial charge in [0.05, 0.1) is 11.5 Å². The molecule has 2 aromatic carbocycles. The second kappa shape index (κ2) is 5.31. The summed E-state index contributed by atoms with van der Waals surface area (Å²) in [4.78, 5) is 12.0. The van der Waals surface area contributed by atoms with Crippen LogP contribution in [-0.2, 0) is 20.7 Å². The van der Waals surface area contributed by atoms with Crippen molar-refractivity contribution in [2.24, 2.45) is 11.8 Å². The van der Waals surface area contributed by atoms with Crippen molar-refractivity contribution in [3.05, 3.63) is 71.8 Å². The molecule has 118 valence electrons. The Morgan fingerprint density at radius 2 is 1.43 bits per heavy atom. The van der Waals surface area contributed by atoms with Gasteiger partial charge in [0.15, 0.2) is 0 Å². The average Bonchev–Trinajstić information content (AvgIpc) is 2.81. The van der Waals surface area contributed by atoms with Gasteiger partial charge in [0.2, 0.25) is 0 Å². The molecule has 0 unspecified atom stereocenters. The van der Waals surface area contributed by atoms with Gasteiger partial charge in [0.1, 0.15) is 11.9 Å². The molecule has 0 aliphatic carbocycles. The molecule has 2 saturated heterocycles. The highest BCUT2D eigenvalue weighted by atomic mass is 16.5. The van der Waals surface area contributed by atoms with E-state index in [1.54, 1.807) is 0 Å². The van der Waals surface area contributed by atoms with Crippen molar-refractivity contribution in [1.29, 1.82) is 0 Å². The molecule has 2 heterocycles. The van der Waals surface area contributed by atoms with E-state index in [0.717, 1.165) is 31.1 Å². The van der Waals surface area contributed by atoms with Crippen LogP contribution in [0, 0.1) is 11.8 Å². The first-order chi connectivity index (χ1) is 11.2. The molecule has 0 amide bonds. The summed E-state index contributed by atoms with van der Waals surface area (Å²) in [6.07, 6.45) is 4.11. The standard InChI is InChI=1S/C21H22O2/c1-16-19(15-22)21(18-11-6-3-7-12-18)14-8-13-20(16,23-21)17-9-4-2-5-10-17/h2-7,9-12,15-16,19H,8,13-14H2,1H3/t16-,19-,20-,21-/m0/s1. The van der Waals surface area contributed by atoms with E-state index >= 15 is 0 Å². The molecule has 0 spiro atoms. The third-order valence-electron chi connectivity index (χ3n) is 5.94. The summed E-state index contributed by atoms with van der Waals surface area (Å²) in [6, 6.07) is 20.8. The third kappa shape index (κ3) is 1.94. The van der Waals surface area contributed by atoms with Crippen LogP contribution in [0.1, 0.15) is 37.3 Å². The number of fused-ring (bicyclic) bond motifs is 2. The van der Waals surface area contributed by atoms with Gasteiger partial charge < -0.3 is 9.53 Å². The van der Waals surface area contributed by atoms with Crippen LogP contribution in [0.3, 0.4) is 0 Å². The predicted octanol–water partition coefficient (Wildman–Crippen LogP) is 4.44. The summed E-state index contributed by atoms with van der Waals surface area (Å²) >= 11 is 0. The molecule has 2 aliphatic rings. The first kappa shape index (κ1) is 14.6. The van der Waals surface area contributed by atoms with Gasteiger partial charge in [-0.1, -0.05) is 67.6 Å². The fourth-order valence-electron chi connectivity index (χ4n) is 4.82. The highest BCUT2D eigenvalue weighted by molar-refractivity contribution is 5.60. The van der Waals surface area contributed by atoms with Crippen LogP contribution in [-0.4, -0.2) is 6.29 Å². The van der Waals surface area contributed by atoms with Crippen LogP contribution in [0.2, 0.25) is 0 Å². The van der Waals surface area contributed by atoms with Crippen molar-refractivity contribution in [2.75, 3.05) is 0 Å².